The predicted molar refractivity (Wildman–Crippen MR) is 57.7 cm³/mol. The zero-order valence-corrected chi connectivity index (χ0v) is 9.14. The molecule has 4 rings (SSSR count). The quantitative estimate of drug-likeness (QED) is 0.556. The van der Waals surface area contributed by atoms with Crippen LogP contribution >= 0.6 is 0 Å². The molecule has 2 saturated heterocycles. The van der Waals surface area contributed by atoms with Gasteiger partial charge in [-0.2, -0.15) is 0 Å². The van der Waals surface area contributed by atoms with Crippen LogP contribution in [0.2, 0.25) is 0 Å². The van der Waals surface area contributed by atoms with Gasteiger partial charge in [0, 0.05) is 6.04 Å². The number of hydrogen-bond donors (Lipinski definition) is 0. The summed E-state index contributed by atoms with van der Waals surface area (Å²) >= 11 is 0. The number of ether oxygens (including phenoxy) is 1. The average molecular weight is 215 g/mol. The molecule has 3 heterocycles. The zero-order valence-electron chi connectivity index (χ0n) is 9.14. The van der Waals surface area contributed by atoms with Gasteiger partial charge in [0.2, 0.25) is 0 Å². The van der Waals surface area contributed by atoms with Crippen LogP contribution in [0.15, 0.2) is 24.3 Å². The van der Waals surface area contributed by atoms with E-state index >= 15 is 0 Å². The highest BCUT2D eigenvalue weighted by molar-refractivity contribution is 5.90. The Bertz CT molecular complexity index is 498. The molecule has 82 valence electrons. The maximum atomic E-state index is 11.9. The summed E-state index contributed by atoms with van der Waals surface area (Å²) in [4.78, 5) is 14.2. The van der Waals surface area contributed by atoms with Crippen molar-refractivity contribution in [1.82, 2.24) is 4.90 Å². The molecular weight excluding hydrogens is 202 g/mol. The maximum absolute atomic E-state index is 11.9. The molecule has 3 nitrogen and oxygen atoms in total. The van der Waals surface area contributed by atoms with Crippen LogP contribution in [0.3, 0.4) is 0 Å². The van der Waals surface area contributed by atoms with Gasteiger partial charge in [-0.15, -0.1) is 0 Å². The lowest BCUT2D eigenvalue weighted by Gasteiger charge is -2.35. The number of fused-ring (bicyclic) bond motifs is 4. The van der Waals surface area contributed by atoms with Crippen LogP contribution in [0.1, 0.15) is 36.6 Å². The van der Waals surface area contributed by atoms with Gasteiger partial charge in [-0.25, -0.2) is 4.79 Å². The first-order valence-corrected chi connectivity index (χ1v) is 5.85. The fourth-order valence-corrected chi connectivity index (χ4v) is 3.60. The van der Waals surface area contributed by atoms with Crippen molar-refractivity contribution in [1.29, 1.82) is 0 Å². The van der Waals surface area contributed by atoms with Gasteiger partial charge in [0.25, 0.3) is 0 Å². The van der Waals surface area contributed by atoms with Crippen LogP contribution in [0, 0.1) is 0 Å². The molecule has 4 atom stereocenters. The van der Waals surface area contributed by atoms with Crippen LogP contribution in [-0.4, -0.2) is 23.0 Å². The van der Waals surface area contributed by atoms with E-state index in [1.807, 2.05) is 6.92 Å². The maximum Gasteiger partial charge on any atom is 0.328 e. The largest absolute Gasteiger partial charge is 0.465 e. The third-order valence-electron chi connectivity index (χ3n) is 4.24. The lowest BCUT2D eigenvalue weighted by atomic mass is 9.78. The van der Waals surface area contributed by atoms with Crippen LogP contribution in [0.4, 0.5) is 0 Å². The first-order chi connectivity index (χ1) is 7.80. The van der Waals surface area contributed by atoms with E-state index in [2.05, 4.69) is 29.2 Å². The van der Waals surface area contributed by atoms with Crippen molar-refractivity contribution in [2.45, 2.75) is 31.0 Å². The summed E-state index contributed by atoms with van der Waals surface area (Å²) in [7, 11) is 0. The molecule has 3 aliphatic heterocycles. The SMILES string of the molecule is CCOC(=O)C12C[C@@H]3c4ccccc4[C@H]1N32. The normalized spacial score (nSPS) is 40.7. The Morgan fingerprint density at radius 1 is 1.50 bits per heavy atom. The van der Waals surface area contributed by atoms with E-state index in [0.717, 1.165) is 6.42 Å². The molecule has 0 radical (unpaired) electrons. The van der Waals surface area contributed by atoms with Gasteiger partial charge in [0.15, 0.2) is 0 Å². The summed E-state index contributed by atoms with van der Waals surface area (Å²) in [6, 6.07) is 9.25. The van der Waals surface area contributed by atoms with E-state index in [0.29, 0.717) is 18.7 Å². The lowest BCUT2D eigenvalue weighted by Crippen LogP contribution is -2.45. The molecule has 0 saturated carbocycles. The van der Waals surface area contributed by atoms with E-state index in [-0.39, 0.29) is 11.5 Å². The highest BCUT2D eigenvalue weighted by Crippen LogP contribution is 2.76. The smallest absolute Gasteiger partial charge is 0.328 e. The van der Waals surface area contributed by atoms with Crippen LogP contribution < -0.4 is 0 Å². The second-order valence-corrected chi connectivity index (χ2v) is 4.80. The third kappa shape index (κ3) is 0.696. The number of hydrogen-bond acceptors (Lipinski definition) is 3. The summed E-state index contributed by atoms with van der Waals surface area (Å²) in [6.07, 6.45) is 0.952. The van der Waals surface area contributed by atoms with E-state index < -0.39 is 0 Å². The molecule has 0 spiro atoms. The molecular formula is C13H13NO2. The highest BCUT2D eigenvalue weighted by Gasteiger charge is 2.82. The Labute approximate surface area is 94.0 Å². The summed E-state index contributed by atoms with van der Waals surface area (Å²) < 4.78 is 5.18. The van der Waals surface area contributed by atoms with Crippen molar-refractivity contribution >= 4 is 5.97 Å². The number of esters is 1. The Kier molecular flexibility index (Phi) is 1.36. The summed E-state index contributed by atoms with van der Waals surface area (Å²) in [6.45, 7) is 2.35. The van der Waals surface area contributed by atoms with Gasteiger partial charge in [0.05, 0.1) is 12.6 Å². The van der Waals surface area contributed by atoms with Crippen LogP contribution in [-0.2, 0) is 9.53 Å². The van der Waals surface area contributed by atoms with Crippen molar-refractivity contribution in [3.63, 3.8) is 0 Å². The number of nitrogens with zero attached hydrogens (tertiary/aromatic N) is 1. The van der Waals surface area contributed by atoms with Gasteiger partial charge in [-0.05, 0) is 24.5 Å². The third-order valence-corrected chi connectivity index (χ3v) is 4.24. The Morgan fingerprint density at radius 2 is 2.25 bits per heavy atom. The molecule has 0 amide bonds. The molecule has 0 aromatic heterocycles. The minimum absolute atomic E-state index is 0.0225. The van der Waals surface area contributed by atoms with Crippen molar-refractivity contribution in [2.24, 2.45) is 0 Å². The number of rotatable bonds is 2. The Hall–Kier alpha value is -1.35. The highest BCUT2D eigenvalue weighted by atomic mass is 16.5. The summed E-state index contributed by atoms with van der Waals surface area (Å²) in [5, 5.41) is 0. The standard InChI is InChI=1S/C13H13NO2/c1-2-16-12(15)13-7-10-8-5-3-4-6-9(8)11(13)14(10)13/h3-6,10-11H,2,7H2,1H3/t10-,11-,13?,14?/m1/s1. The molecule has 0 aliphatic carbocycles. The molecule has 2 fully saturated rings. The van der Waals surface area contributed by atoms with Crippen molar-refractivity contribution in [2.75, 3.05) is 6.61 Å². The topological polar surface area (TPSA) is 29.3 Å². The fourth-order valence-electron chi connectivity index (χ4n) is 3.60. The van der Waals surface area contributed by atoms with E-state index in [1.165, 1.54) is 11.1 Å². The summed E-state index contributed by atoms with van der Waals surface area (Å²) in [5.41, 5.74) is 2.49. The first kappa shape index (κ1) is 8.76. The van der Waals surface area contributed by atoms with Crippen LogP contribution in [0.25, 0.3) is 0 Å². The lowest BCUT2D eigenvalue weighted by molar-refractivity contribution is -0.152. The second kappa shape index (κ2) is 2.48. The zero-order chi connectivity index (χ0) is 10.9. The number of carbonyl (C=O) groups excluding carboxylic acids is 1. The van der Waals surface area contributed by atoms with Gasteiger partial charge in [-0.1, -0.05) is 24.3 Å². The Morgan fingerprint density at radius 3 is 3.00 bits per heavy atom. The predicted octanol–water partition coefficient (Wildman–Crippen LogP) is 1.80. The second-order valence-electron chi connectivity index (χ2n) is 4.80. The monoisotopic (exact) mass is 215 g/mol. The van der Waals surface area contributed by atoms with E-state index in [9.17, 15) is 4.79 Å². The van der Waals surface area contributed by atoms with Crippen LogP contribution in [0.5, 0.6) is 0 Å². The molecule has 1 aromatic carbocycles. The molecule has 0 N–H and O–H groups in total. The van der Waals surface area contributed by atoms with E-state index in [1.54, 1.807) is 0 Å². The fraction of sp³-hybridized carbons (Fsp3) is 0.462. The van der Waals surface area contributed by atoms with Gasteiger partial charge < -0.3 is 4.74 Å². The number of carbonyl (C=O) groups is 1. The van der Waals surface area contributed by atoms with Crippen molar-refractivity contribution in [3.05, 3.63) is 35.4 Å². The minimum atomic E-state index is -0.269. The first-order valence-electron chi connectivity index (χ1n) is 5.85. The van der Waals surface area contributed by atoms with Gasteiger partial charge in [0.1, 0.15) is 5.54 Å². The number of benzene rings is 1. The molecule has 2 unspecified atom stereocenters. The van der Waals surface area contributed by atoms with Gasteiger partial charge in [-0.3, -0.25) is 4.90 Å². The Balaban J connectivity index is 1.73. The van der Waals surface area contributed by atoms with Crippen molar-refractivity contribution in [3.8, 4) is 0 Å². The molecule has 16 heavy (non-hydrogen) atoms. The molecule has 3 aliphatic rings. The van der Waals surface area contributed by atoms with Gasteiger partial charge >= 0.3 is 5.97 Å². The molecule has 1 aromatic rings. The minimum Gasteiger partial charge on any atom is -0.465 e. The molecule has 0 bridgehead atoms. The summed E-state index contributed by atoms with van der Waals surface area (Å²) in [5.74, 6) is -0.0225. The average Bonchev–Trinajstić information content (AvgIpc) is 2.69. The molecule has 3 heteroatoms. The van der Waals surface area contributed by atoms with E-state index in [4.69, 9.17) is 4.74 Å². The van der Waals surface area contributed by atoms with Crippen molar-refractivity contribution < 1.29 is 9.53 Å².